The zero-order valence-electron chi connectivity index (χ0n) is 9.78. The van der Waals surface area contributed by atoms with Gasteiger partial charge >= 0.3 is 0 Å². The van der Waals surface area contributed by atoms with Crippen LogP contribution in [0.25, 0.3) is 0 Å². The highest BCUT2D eigenvalue weighted by Gasteiger charge is 2.14. The minimum Gasteiger partial charge on any atom is -0.381 e. The Morgan fingerprint density at radius 3 is 2.38 bits per heavy atom. The van der Waals surface area contributed by atoms with Crippen LogP contribution in [0.2, 0.25) is 0 Å². The van der Waals surface area contributed by atoms with Crippen molar-refractivity contribution in [2.45, 2.75) is 44.6 Å². The van der Waals surface area contributed by atoms with Crippen LogP contribution in [-0.2, 0) is 6.54 Å². The lowest BCUT2D eigenvalue weighted by Gasteiger charge is -2.22. The molecule has 2 N–H and O–H groups in total. The third-order valence-electron chi connectivity index (χ3n) is 3.50. The zero-order valence-corrected chi connectivity index (χ0v) is 9.78. The molecule has 2 nitrogen and oxygen atoms in total. The van der Waals surface area contributed by atoms with Gasteiger partial charge in [-0.3, -0.25) is 5.32 Å². The van der Waals surface area contributed by atoms with E-state index in [2.05, 4.69) is 29.6 Å². The molecule has 0 heterocycles. The number of rotatable bonds is 4. The molecule has 0 saturated heterocycles. The molecule has 1 fully saturated rings. The van der Waals surface area contributed by atoms with Crippen molar-refractivity contribution in [1.29, 1.82) is 0 Å². The first-order valence-electron chi connectivity index (χ1n) is 6.30. The molecule has 1 aliphatic carbocycles. The Kier molecular flexibility index (Phi) is 4.37. The largest absolute Gasteiger partial charge is 0.381 e. The van der Waals surface area contributed by atoms with Crippen LogP contribution in [0, 0.1) is 0 Å². The van der Waals surface area contributed by atoms with E-state index in [-0.39, 0.29) is 6.73 Å². The second kappa shape index (κ2) is 6.02. The van der Waals surface area contributed by atoms with Crippen molar-refractivity contribution < 1.29 is 5.11 Å². The average Bonchev–Trinajstić information content (AvgIpc) is 2.38. The van der Waals surface area contributed by atoms with Gasteiger partial charge in [0.05, 0.1) is 6.73 Å². The number of aliphatic hydroxyl groups excluding tert-OH is 1. The molecule has 16 heavy (non-hydrogen) atoms. The summed E-state index contributed by atoms with van der Waals surface area (Å²) in [4.78, 5) is 0. The monoisotopic (exact) mass is 219 g/mol. The van der Waals surface area contributed by atoms with E-state index in [0.29, 0.717) is 0 Å². The van der Waals surface area contributed by atoms with Crippen molar-refractivity contribution in [3.05, 3.63) is 35.4 Å². The molecule has 0 amide bonds. The minimum absolute atomic E-state index is 0.0460. The molecule has 0 atom stereocenters. The van der Waals surface area contributed by atoms with Gasteiger partial charge in [-0.05, 0) is 29.9 Å². The number of aliphatic hydroxyl groups is 1. The number of nitrogens with one attached hydrogen (secondary N) is 1. The maximum atomic E-state index is 8.67. The standard InChI is InChI=1S/C14H21NO/c16-11-15-10-12-6-8-14(9-7-12)13-4-2-1-3-5-13/h6-9,13,15-16H,1-5,10-11H2. The molecule has 0 bridgehead atoms. The summed E-state index contributed by atoms with van der Waals surface area (Å²) in [5.74, 6) is 0.786. The Morgan fingerprint density at radius 1 is 1.06 bits per heavy atom. The van der Waals surface area contributed by atoms with Crippen molar-refractivity contribution >= 4 is 0 Å². The van der Waals surface area contributed by atoms with Crippen molar-refractivity contribution in [3.8, 4) is 0 Å². The predicted octanol–water partition coefficient (Wildman–Crippen LogP) is 2.77. The molecule has 0 aromatic heterocycles. The third kappa shape index (κ3) is 3.06. The topological polar surface area (TPSA) is 32.3 Å². The Hall–Kier alpha value is -0.860. The molecular weight excluding hydrogens is 198 g/mol. The van der Waals surface area contributed by atoms with Gasteiger partial charge < -0.3 is 5.11 Å². The van der Waals surface area contributed by atoms with Crippen molar-refractivity contribution in [3.63, 3.8) is 0 Å². The van der Waals surface area contributed by atoms with Gasteiger partial charge in [0.25, 0.3) is 0 Å². The normalized spacial score (nSPS) is 17.6. The van der Waals surface area contributed by atoms with Crippen LogP contribution in [0.3, 0.4) is 0 Å². The van der Waals surface area contributed by atoms with Gasteiger partial charge in [-0.1, -0.05) is 43.5 Å². The van der Waals surface area contributed by atoms with Crippen molar-refractivity contribution in [2.24, 2.45) is 0 Å². The lowest BCUT2D eigenvalue weighted by Crippen LogP contribution is -2.13. The molecular formula is C14H21NO. The lowest BCUT2D eigenvalue weighted by atomic mass is 9.84. The Bertz CT molecular complexity index is 301. The van der Waals surface area contributed by atoms with E-state index in [1.54, 1.807) is 0 Å². The molecule has 0 unspecified atom stereocenters. The summed E-state index contributed by atoms with van der Waals surface area (Å²) in [7, 11) is 0. The van der Waals surface area contributed by atoms with Gasteiger partial charge in [0.15, 0.2) is 0 Å². The molecule has 1 aliphatic rings. The highest BCUT2D eigenvalue weighted by Crippen LogP contribution is 2.32. The van der Waals surface area contributed by atoms with E-state index in [4.69, 9.17) is 5.11 Å². The molecule has 88 valence electrons. The molecule has 1 aromatic carbocycles. The molecule has 2 rings (SSSR count). The Balaban J connectivity index is 1.95. The lowest BCUT2D eigenvalue weighted by molar-refractivity contribution is 0.259. The fourth-order valence-corrected chi connectivity index (χ4v) is 2.54. The van der Waals surface area contributed by atoms with Crippen molar-refractivity contribution in [1.82, 2.24) is 5.32 Å². The van der Waals surface area contributed by atoms with E-state index in [1.807, 2.05) is 0 Å². The Morgan fingerprint density at radius 2 is 1.75 bits per heavy atom. The molecule has 1 aromatic rings. The first-order valence-corrected chi connectivity index (χ1v) is 6.30. The second-order valence-corrected chi connectivity index (χ2v) is 4.66. The maximum Gasteiger partial charge on any atom is 0.0934 e. The van der Waals surface area contributed by atoms with Crippen LogP contribution in [0.15, 0.2) is 24.3 Å². The van der Waals surface area contributed by atoms with Crippen LogP contribution in [0.4, 0.5) is 0 Å². The van der Waals surface area contributed by atoms with Crippen LogP contribution in [0.5, 0.6) is 0 Å². The van der Waals surface area contributed by atoms with Gasteiger partial charge in [-0.15, -0.1) is 0 Å². The summed E-state index contributed by atoms with van der Waals surface area (Å²) in [5, 5.41) is 11.6. The molecule has 1 saturated carbocycles. The van der Waals surface area contributed by atoms with Gasteiger partial charge in [0.1, 0.15) is 0 Å². The third-order valence-corrected chi connectivity index (χ3v) is 3.50. The molecule has 0 spiro atoms. The number of benzene rings is 1. The number of hydrogen-bond acceptors (Lipinski definition) is 2. The zero-order chi connectivity index (χ0) is 11.2. The summed E-state index contributed by atoms with van der Waals surface area (Å²) in [6, 6.07) is 8.86. The number of hydrogen-bond donors (Lipinski definition) is 2. The van der Waals surface area contributed by atoms with E-state index < -0.39 is 0 Å². The predicted molar refractivity (Wildman–Crippen MR) is 66.2 cm³/mol. The van der Waals surface area contributed by atoms with E-state index in [0.717, 1.165) is 12.5 Å². The second-order valence-electron chi connectivity index (χ2n) is 4.66. The molecule has 0 aliphatic heterocycles. The summed E-state index contributed by atoms with van der Waals surface area (Å²) in [6.45, 7) is 0.797. The van der Waals surface area contributed by atoms with Crippen LogP contribution < -0.4 is 5.32 Å². The van der Waals surface area contributed by atoms with E-state index >= 15 is 0 Å². The average molecular weight is 219 g/mol. The van der Waals surface area contributed by atoms with Crippen molar-refractivity contribution in [2.75, 3.05) is 6.73 Å². The quantitative estimate of drug-likeness (QED) is 0.763. The van der Waals surface area contributed by atoms with Gasteiger partial charge in [-0.25, -0.2) is 0 Å². The van der Waals surface area contributed by atoms with E-state index in [9.17, 15) is 0 Å². The fraction of sp³-hybridized carbons (Fsp3) is 0.571. The first-order chi connectivity index (χ1) is 7.90. The summed E-state index contributed by atoms with van der Waals surface area (Å²) < 4.78 is 0. The van der Waals surface area contributed by atoms with Crippen LogP contribution in [-0.4, -0.2) is 11.8 Å². The maximum absolute atomic E-state index is 8.67. The fourth-order valence-electron chi connectivity index (χ4n) is 2.54. The highest BCUT2D eigenvalue weighted by molar-refractivity contribution is 5.25. The summed E-state index contributed by atoms with van der Waals surface area (Å²) >= 11 is 0. The first kappa shape index (κ1) is 11.6. The van der Waals surface area contributed by atoms with Gasteiger partial charge in [-0.2, -0.15) is 0 Å². The summed E-state index contributed by atoms with van der Waals surface area (Å²) in [5.41, 5.74) is 2.74. The van der Waals surface area contributed by atoms with E-state index in [1.165, 1.54) is 43.2 Å². The van der Waals surface area contributed by atoms with Crippen LogP contribution >= 0.6 is 0 Å². The summed E-state index contributed by atoms with van der Waals surface area (Å²) in [6.07, 6.45) is 6.90. The van der Waals surface area contributed by atoms with Gasteiger partial charge in [0.2, 0.25) is 0 Å². The minimum atomic E-state index is 0.0460. The highest BCUT2D eigenvalue weighted by atomic mass is 16.3. The SMILES string of the molecule is OCNCc1ccc(C2CCCCC2)cc1. The molecule has 2 heteroatoms. The smallest absolute Gasteiger partial charge is 0.0934 e. The molecule has 0 radical (unpaired) electrons. The van der Waals surface area contributed by atoms with Gasteiger partial charge in [0, 0.05) is 6.54 Å². The Labute approximate surface area is 97.7 Å². The van der Waals surface area contributed by atoms with Crippen LogP contribution in [0.1, 0.15) is 49.1 Å².